The summed E-state index contributed by atoms with van der Waals surface area (Å²) in [6.45, 7) is 11.4. The zero-order chi connectivity index (χ0) is 13.9. The second kappa shape index (κ2) is 5.56. The van der Waals surface area contributed by atoms with Crippen molar-refractivity contribution in [2.45, 2.75) is 40.2 Å². The maximum absolute atomic E-state index is 12.2. The van der Waals surface area contributed by atoms with Crippen molar-refractivity contribution in [3.8, 4) is 0 Å². The Kier molecular flexibility index (Phi) is 4.56. The molecule has 0 spiro atoms. The molecule has 0 unspecified atom stereocenters. The first-order chi connectivity index (χ1) is 8.28. The molecule has 0 radical (unpaired) electrons. The van der Waals surface area contributed by atoms with Gasteiger partial charge in [0, 0.05) is 18.6 Å². The molecule has 1 aromatic rings. The van der Waals surface area contributed by atoms with E-state index in [2.05, 4.69) is 10.3 Å². The summed E-state index contributed by atoms with van der Waals surface area (Å²) in [5.41, 5.74) is 5.72. The van der Waals surface area contributed by atoms with Gasteiger partial charge in [-0.15, -0.1) is 0 Å². The fourth-order valence-corrected chi connectivity index (χ4v) is 2.58. The number of nitrogens with two attached hydrogens (primary N) is 1. The lowest BCUT2D eigenvalue weighted by Gasteiger charge is -2.19. The van der Waals surface area contributed by atoms with Crippen LogP contribution in [-0.2, 0) is 0 Å². The van der Waals surface area contributed by atoms with E-state index in [1.807, 2.05) is 34.6 Å². The number of rotatable bonds is 4. The van der Waals surface area contributed by atoms with Crippen LogP contribution < -0.4 is 11.1 Å². The van der Waals surface area contributed by atoms with Crippen LogP contribution in [0.5, 0.6) is 0 Å². The van der Waals surface area contributed by atoms with Crippen molar-refractivity contribution in [2.24, 2.45) is 0 Å². The summed E-state index contributed by atoms with van der Waals surface area (Å²) in [6.07, 6.45) is 0. The second-order valence-electron chi connectivity index (χ2n) is 5.09. The van der Waals surface area contributed by atoms with Gasteiger partial charge in [-0.2, -0.15) is 0 Å². The molecule has 6 heteroatoms. The van der Waals surface area contributed by atoms with E-state index in [0.29, 0.717) is 28.9 Å². The molecule has 1 aromatic heterocycles. The largest absolute Gasteiger partial charge is 0.382 e. The van der Waals surface area contributed by atoms with Crippen LogP contribution >= 0.6 is 11.3 Å². The van der Waals surface area contributed by atoms with Gasteiger partial charge in [-0.3, -0.25) is 4.79 Å². The van der Waals surface area contributed by atoms with Gasteiger partial charge in [0.2, 0.25) is 0 Å². The minimum atomic E-state index is -0.0974. The van der Waals surface area contributed by atoms with E-state index in [9.17, 15) is 4.79 Å². The van der Waals surface area contributed by atoms with Gasteiger partial charge in [0.05, 0.1) is 0 Å². The van der Waals surface area contributed by atoms with Crippen molar-refractivity contribution in [1.82, 2.24) is 9.88 Å². The summed E-state index contributed by atoms with van der Waals surface area (Å²) >= 11 is 1.32. The van der Waals surface area contributed by atoms with Gasteiger partial charge in [0.25, 0.3) is 5.91 Å². The lowest BCUT2D eigenvalue weighted by molar-refractivity contribution is 0.0778. The van der Waals surface area contributed by atoms with Crippen LogP contribution in [0.3, 0.4) is 0 Å². The van der Waals surface area contributed by atoms with E-state index in [1.165, 1.54) is 11.3 Å². The lowest BCUT2D eigenvalue weighted by atomic mass is 10.1. The van der Waals surface area contributed by atoms with E-state index >= 15 is 0 Å². The number of amides is 1. The zero-order valence-electron chi connectivity index (χ0n) is 11.7. The number of thiazole rings is 1. The Morgan fingerprint density at radius 3 is 2.39 bits per heavy atom. The van der Waals surface area contributed by atoms with Gasteiger partial charge in [-0.05, 0) is 34.6 Å². The van der Waals surface area contributed by atoms with E-state index in [4.69, 9.17) is 5.73 Å². The number of aromatic nitrogens is 1. The Labute approximate surface area is 112 Å². The lowest BCUT2D eigenvalue weighted by Crippen LogP contribution is -2.30. The smallest absolute Gasteiger partial charge is 0.267 e. The number of hydrogen-bond acceptors (Lipinski definition) is 5. The second-order valence-corrected chi connectivity index (χ2v) is 6.08. The normalized spacial score (nSPS) is 11.4. The quantitative estimate of drug-likeness (QED) is 0.881. The Morgan fingerprint density at radius 2 is 1.94 bits per heavy atom. The molecule has 0 bridgehead atoms. The summed E-state index contributed by atoms with van der Waals surface area (Å²) < 4.78 is 0. The highest BCUT2D eigenvalue weighted by Crippen LogP contribution is 2.28. The maximum Gasteiger partial charge on any atom is 0.267 e. The average molecular weight is 270 g/mol. The molecular weight excluding hydrogens is 248 g/mol. The van der Waals surface area contributed by atoms with Gasteiger partial charge < -0.3 is 16.0 Å². The van der Waals surface area contributed by atoms with Gasteiger partial charge in [-0.25, -0.2) is 4.98 Å². The van der Waals surface area contributed by atoms with E-state index < -0.39 is 0 Å². The summed E-state index contributed by atoms with van der Waals surface area (Å²) in [5.74, 6) is 0.264. The molecule has 5 nitrogen and oxygen atoms in total. The maximum atomic E-state index is 12.2. The number of nitrogens with zero attached hydrogens (tertiary/aromatic N) is 2. The molecule has 0 aliphatic heterocycles. The number of nitrogens with one attached hydrogen (secondary N) is 1. The minimum absolute atomic E-state index is 0.0445. The number of nitrogen functional groups attached to an aromatic ring is 1. The first-order valence-corrected chi connectivity index (χ1v) is 6.94. The predicted octanol–water partition coefficient (Wildman–Crippen LogP) is 2.42. The standard InChI is InChI=1S/C12H22N4OS/c1-6-16(7-2)10(17)8-9(13)14-11(18-8)15-12(3,4)5/h6-7,13H2,1-5H3,(H,14,15). The first kappa shape index (κ1) is 14.8. The number of hydrogen-bond donors (Lipinski definition) is 2. The van der Waals surface area contributed by atoms with Crippen LogP contribution in [0.15, 0.2) is 0 Å². The van der Waals surface area contributed by atoms with Gasteiger partial charge >= 0.3 is 0 Å². The van der Waals surface area contributed by atoms with Crippen molar-refractivity contribution in [1.29, 1.82) is 0 Å². The third kappa shape index (κ3) is 3.60. The molecule has 1 heterocycles. The molecule has 102 valence electrons. The molecule has 0 saturated heterocycles. The third-order valence-corrected chi connectivity index (χ3v) is 3.35. The van der Waals surface area contributed by atoms with Crippen molar-refractivity contribution in [3.05, 3.63) is 4.88 Å². The minimum Gasteiger partial charge on any atom is -0.382 e. The fraction of sp³-hybridized carbons (Fsp3) is 0.667. The molecule has 0 atom stereocenters. The Hall–Kier alpha value is -1.30. The van der Waals surface area contributed by atoms with Crippen molar-refractivity contribution in [2.75, 3.05) is 24.1 Å². The Bertz CT molecular complexity index is 418. The van der Waals surface area contributed by atoms with E-state index in [0.717, 1.165) is 0 Å². The summed E-state index contributed by atoms with van der Waals surface area (Å²) in [7, 11) is 0. The van der Waals surface area contributed by atoms with Gasteiger partial charge in [0.15, 0.2) is 5.13 Å². The number of anilines is 2. The van der Waals surface area contributed by atoms with Crippen molar-refractivity contribution in [3.63, 3.8) is 0 Å². The summed E-state index contributed by atoms with van der Waals surface area (Å²) in [5, 5.41) is 3.92. The predicted molar refractivity (Wildman–Crippen MR) is 77.2 cm³/mol. The number of carbonyl (C=O) groups is 1. The molecular formula is C12H22N4OS. The summed E-state index contributed by atoms with van der Waals surface area (Å²) in [6, 6.07) is 0. The first-order valence-electron chi connectivity index (χ1n) is 6.12. The van der Waals surface area contributed by atoms with E-state index in [1.54, 1.807) is 4.90 Å². The van der Waals surface area contributed by atoms with E-state index in [-0.39, 0.29) is 11.4 Å². The SMILES string of the molecule is CCN(CC)C(=O)c1sc(NC(C)(C)C)nc1N. The molecule has 1 amide bonds. The fourth-order valence-electron chi connectivity index (χ4n) is 1.51. The monoisotopic (exact) mass is 270 g/mol. The Balaban J connectivity index is 2.94. The van der Waals surface area contributed by atoms with Crippen LogP contribution in [0.1, 0.15) is 44.3 Å². The molecule has 0 fully saturated rings. The molecule has 1 rings (SSSR count). The van der Waals surface area contributed by atoms with Crippen LogP contribution in [-0.4, -0.2) is 34.4 Å². The van der Waals surface area contributed by atoms with Gasteiger partial charge in [-0.1, -0.05) is 11.3 Å². The van der Waals surface area contributed by atoms with Crippen molar-refractivity contribution < 1.29 is 4.79 Å². The molecule has 0 aliphatic rings. The topological polar surface area (TPSA) is 71.2 Å². The van der Waals surface area contributed by atoms with Crippen LogP contribution in [0.25, 0.3) is 0 Å². The molecule has 0 aromatic carbocycles. The highest BCUT2D eigenvalue weighted by atomic mass is 32.1. The molecule has 18 heavy (non-hydrogen) atoms. The molecule has 0 saturated carbocycles. The third-order valence-electron chi connectivity index (χ3n) is 2.38. The van der Waals surface area contributed by atoms with Crippen LogP contribution in [0.4, 0.5) is 10.9 Å². The van der Waals surface area contributed by atoms with Crippen LogP contribution in [0.2, 0.25) is 0 Å². The average Bonchev–Trinajstić information content (AvgIpc) is 2.58. The Morgan fingerprint density at radius 1 is 1.39 bits per heavy atom. The molecule has 0 aliphatic carbocycles. The van der Waals surface area contributed by atoms with Gasteiger partial charge in [0.1, 0.15) is 10.7 Å². The highest BCUT2D eigenvalue weighted by molar-refractivity contribution is 7.18. The van der Waals surface area contributed by atoms with Crippen LogP contribution in [0, 0.1) is 0 Å². The zero-order valence-corrected chi connectivity index (χ0v) is 12.5. The summed E-state index contributed by atoms with van der Waals surface area (Å²) in [4.78, 5) is 18.7. The molecule has 3 N–H and O–H groups in total. The van der Waals surface area contributed by atoms with Crippen molar-refractivity contribution >= 4 is 28.2 Å². The number of carbonyl (C=O) groups excluding carboxylic acids is 1. The highest BCUT2D eigenvalue weighted by Gasteiger charge is 2.21.